The summed E-state index contributed by atoms with van der Waals surface area (Å²) in [5.74, 6) is 0. The number of halogens is 1. The third-order valence-corrected chi connectivity index (χ3v) is 5.32. The van der Waals surface area contributed by atoms with Crippen molar-refractivity contribution in [2.45, 2.75) is 39.2 Å². The lowest BCUT2D eigenvalue weighted by molar-refractivity contribution is 0.0236. The fourth-order valence-corrected chi connectivity index (χ4v) is 4.06. The minimum atomic E-state index is -0.451. The minimum Gasteiger partial charge on any atom is -0.444 e. The predicted octanol–water partition coefficient (Wildman–Crippen LogP) is 3.98. The molecule has 1 aromatic rings. The molecule has 2 N–H and O–H groups in total. The summed E-state index contributed by atoms with van der Waals surface area (Å²) in [6.45, 7) is 7.04. The van der Waals surface area contributed by atoms with E-state index in [0.29, 0.717) is 13.1 Å². The Morgan fingerprint density at radius 3 is 2.48 bits per heavy atom. The molecule has 23 heavy (non-hydrogen) atoms. The maximum absolute atomic E-state index is 12.2. The van der Waals surface area contributed by atoms with Gasteiger partial charge in [0.1, 0.15) is 5.60 Å². The second-order valence-electron chi connectivity index (χ2n) is 6.42. The molecule has 1 aliphatic heterocycles. The first-order valence-electron chi connectivity index (χ1n) is 7.68. The fourth-order valence-electron chi connectivity index (χ4n) is 2.44. The molecule has 2 heterocycles. The largest absolute Gasteiger partial charge is 0.444 e. The van der Waals surface area contributed by atoms with E-state index >= 15 is 0 Å². The van der Waals surface area contributed by atoms with Gasteiger partial charge in [-0.1, -0.05) is 0 Å². The lowest BCUT2D eigenvalue weighted by Gasteiger charge is -2.32. The number of hydrogen-bond donors (Lipinski definition) is 2. The van der Waals surface area contributed by atoms with Gasteiger partial charge in [0.25, 0.3) is 0 Å². The summed E-state index contributed by atoms with van der Waals surface area (Å²) in [5.41, 5.74) is 8.25. The molecule has 1 aliphatic rings. The van der Waals surface area contributed by atoms with Crippen LogP contribution in [0.15, 0.2) is 21.5 Å². The number of rotatable bonds is 3. The molecule has 128 valence electrons. The molecule has 1 amide bonds. The zero-order valence-corrected chi connectivity index (χ0v) is 16.4. The fraction of sp³-hybridized carbons (Fsp3) is 0.562. The molecular formula is C16H24BrN3O2S. The van der Waals surface area contributed by atoms with E-state index in [9.17, 15) is 4.79 Å². The van der Waals surface area contributed by atoms with Crippen LogP contribution in [0.1, 0.15) is 38.5 Å². The highest BCUT2D eigenvalue weighted by atomic mass is 79.9. The summed E-state index contributed by atoms with van der Waals surface area (Å²) in [6.07, 6.45) is 1.46. The standard InChI is InChI=1S/C16H24BrN3O2S/c1-16(2,3)22-15(21)20-8-5-11(6-9-20)13(19-18-4)14-12(17)7-10-23-14/h7,10,18-19H,5-6,8-9H2,1-4H3. The van der Waals surface area contributed by atoms with Crippen LogP contribution >= 0.6 is 27.3 Å². The Balaban J connectivity index is 2.09. The van der Waals surface area contributed by atoms with E-state index < -0.39 is 5.60 Å². The molecule has 5 nitrogen and oxygen atoms in total. The van der Waals surface area contributed by atoms with E-state index in [1.807, 2.05) is 33.9 Å². The molecule has 0 bridgehead atoms. The predicted molar refractivity (Wildman–Crippen MR) is 98.2 cm³/mol. The summed E-state index contributed by atoms with van der Waals surface area (Å²) < 4.78 is 6.53. The highest BCUT2D eigenvalue weighted by Gasteiger charge is 2.26. The van der Waals surface area contributed by atoms with Gasteiger partial charge in [0.05, 0.1) is 10.6 Å². The molecule has 0 unspecified atom stereocenters. The molecule has 1 fully saturated rings. The van der Waals surface area contributed by atoms with Gasteiger partial charge < -0.3 is 15.1 Å². The maximum atomic E-state index is 12.2. The first-order valence-corrected chi connectivity index (χ1v) is 9.35. The van der Waals surface area contributed by atoms with Gasteiger partial charge in [-0.25, -0.2) is 10.2 Å². The number of hydrazine groups is 1. The highest BCUT2D eigenvalue weighted by Crippen LogP contribution is 2.33. The van der Waals surface area contributed by atoms with Gasteiger partial charge in [-0.3, -0.25) is 0 Å². The normalized spacial score (nSPS) is 15.5. The van der Waals surface area contributed by atoms with E-state index in [1.54, 1.807) is 16.2 Å². The first-order chi connectivity index (χ1) is 10.8. The van der Waals surface area contributed by atoms with Crippen molar-refractivity contribution in [2.24, 2.45) is 0 Å². The lowest BCUT2D eigenvalue weighted by atomic mass is 10.0. The summed E-state index contributed by atoms with van der Waals surface area (Å²) >= 11 is 5.29. The number of carbonyl (C=O) groups excluding carboxylic acids is 1. The average Bonchev–Trinajstić information content (AvgIpc) is 2.89. The van der Waals surface area contributed by atoms with Gasteiger partial charge in [0.2, 0.25) is 0 Å². The summed E-state index contributed by atoms with van der Waals surface area (Å²) in [4.78, 5) is 15.1. The third kappa shape index (κ3) is 4.96. The van der Waals surface area contributed by atoms with E-state index in [0.717, 1.165) is 23.0 Å². The molecule has 2 rings (SSSR count). The Hall–Kier alpha value is -1.05. The van der Waals surface area contributed by atoms with Crippen molar-refractivity contribution in [3.63, 3.8) is 0 Å². The molecule has 1 saturated heterocycles. The van der Waals surface area contributed by atoms with Gasteiger partial charge in [0, 0.05) is 24.6 Å². The molecule has 0 spiro atoms. The van der Waals surface area contributed by atoms with Crippen molar-refractivity contribution >= 4 is 39.1 Å². The summed E-state index contributed by atoms with van der Waals surface area (Å²) in [6, 6.07) is 2.05. The van der Waals surface area contributed by atoms with Crippen molar-refractivity contribution in [3.05, 3.63) is 26.4 Å². The van der Waals surface area contributed by atoms with Crippen LogP contribution in [0.4, 0.5) is 4.79 Å². The van der Waals surface area contributed by atoms with Crippen LogP contribution < -0.4 is 10.9 Å². The van der Waals surface area contributed by atoms with E-state index in [-0.39, 0.29) is 6.09 Å². The molecular weight excluding hydrogens is 378 g/mol. The van der Waals surface area contributed by atoms with Crippen LogP contribution in [0.25, 0.3) is 5.70 Å². The van der Waals surface area contributed by atoms with Gasteiger partial charge in [0.15, 0.2) is 0 Å². The number of nitrogens with one attached hydrogen (secondary N) is 2. The smallest absolute Gasteiger partial charge is 0.410 e. The Morgan fingerprint density at radius 1 is 1.35 bits per heavy atom. The van der Waals surface area contributed by atoms with Gasteiger partial charge in [-0.05, 0) is 66.6 Å². The number of hydrogen-bond acceptors (Lipinski definition) is 5. The Labute approximate surface area is 150 Å². The van der Waals surface area contributed by atoms with Crippen LogP contribution in [0, 0.1) is 0 Å². The monoisotopic (exact) mass is 401 g/mol. The number of thiophene rings is 1. The molecule has 0 radical (unpaired) electrons. The second-order valence-corrected chi connectivity index (χ2v) is 8.19. The van der Waals surface area contributed by atoms with Crippen molar-refractivity contribution in [2.75, 3.05) is 20.1 Å². The van der Waals surface area contributed by atoms with Crippen LogP contribution in [-0.2, 0) is 4.74 Å². The Kier molecular flexibility index (Phi) is 6.11. The zero-order chi connectivity index (χ0) is 17.0. The summed E-state index contributed by atoms with van der Waals surface area (Å²) in [7, 11) is 1.86. The van der Waals surface area contributed by atoms with Gasteiger partial charge in [-0.2, -0.15) is 0 Å². The second kappa shape index (κ2) is 7.68. The average molecular weight is 402 g/mol. The van der Waals surface area contributed by atoms with Crippen molar-refractivity contribution in [1.82, 2.24) is 15.8 Å². The molecule has 0 aromatic carbocycles. The molecule has 0 saturated carbocycles. The maximum Gasteiger partial charge on any atom is 0.410 e. The van der Waals surface area contributed by atoms with E-state index in [1.165, 1.54) is 10.5 Å². The number of ether oxygens (including phenoxy) is 1. The number of piperidine rings is 1. The van der Waals surface area contributed by atoms with Crippen molar-refractivity contribution in [1.29, 1.82) is 0 Å². The number of amides is 1. The van der Waals surface area contributed by atoms with Crippen molar-refractivity contribution in [3.8, 4) is 0 Å². The van der Waals surface area contributed by atoms with E-state index in [4.69, 9.17) is 4.74 Å². The van der Waals surface area contributed by atoms with Crippen LogP contribution in [0.2, 0.25) is 0 Å². The van der Waals surface area contributed by atoms with Crippen LogP contribution in [-0.4, -0.2) is 36.7 Å². The highest BCUT2D eigenvalue weighted by molar-refractivity contribution is 9.10. The number of nitrogens with zero attached hydrogens (tertiary/aromatic N) is 1. The third-order valence-electron chi connectivity index (χ3n) is 3.47. The first kappa shape index (κ1) is 18.3. The SMILES string of the molecule is CNNC(=C1CCN(C(=O)OC(C)(C)C)CC1)c1sccc1Br. The number of carbonyl (C=O) groups is 1. The van der Waals surface area contributed by atoms with Crippen LogP contribution in [0.5, 0.6) is 0 Å². The quantitative estimate of drug-likeness (QED) is 0.752. The molecule has 1 aromatic heterocycles. The number of likely N-dealkylation sites (tertiary alicyclic amines) is 1. The van der Waals surface area contributed by atoms with Crippen molar-refractivity contribution < 1.29 is 9.53 Å². The van der Waals surface area contributed by atoms with Crippen LogP contribution in [0.3, 0.4) is 0 Å². The molecule has 7 heteroatoms. The Morgan fingerprint density at radius 2 is 2.00 bits per heavy atom. The molecule has 0 atom stereocenters. The van der Waals surface area contributed by atoms with Gasteiger partial charge in [-0.15, -0.1) is 11.3 Å². The Bertz CT molecular complexity index is 582. The topological polar surface area (TPSA) is 53.6 Å². The van der Waals surface area contributed by atoms with E-state index in [2.05, 4.69) is 32.2 Å². The summed E-state index contributed by atoms with van der Waals surface area (Å²) in [5, 5.41) is 2.06. The van der Waals surface area contributed by atoms with Gasteiger partial charge >= 0.3 is 6.09 Å². The minimum absolute atomic E-state index is 0.225. The lowest BCUT2D eigenvalue weighted by Crippen LogP contribution is -2.41. The zero-order valence-electron chi connectivity index (χ0n) is 14.0. The molecule has 0 aliphatic carbocycles.